The third-order valence-electron chi connectivity index (χ3n) is 4.02. The van der Waals surface area contributed by atoms with E-state index in [0.29, 0.717) is 0 Å². The molecule has 1 aliphatic carbocycles. The molecule has 1 aromatic heterocycles. The standard InChI is InChI=1S/C15H24N2/c1-2-13-10-14(12-17-11-13)6-9-15(16)7-4-3-5-8-15/h10-12H,2-9,16H2,1H3. The van der Waals surface area contributed by atoms with E-state index in [1.807, 2.05) is 12.4 Å². The van der Waals surface area contributed by atoms with Crippen LogP contribution in [0.4, 0.5) is 0 Å². The van der Waals surface area contributed by atoms with E-state index in [1.165, 1.54) is 43.2 Å². The van der Waals surface area contributed by atoms with Crippen LogP contribution in [0.25, 0.3) is 0 Å². The van der Waals surface area contributed by atoms with E-state index >= 15 is 0 Å². The first-order chi connectivity index (χ1) is 8.22. The zero-order valence-corrected chi connectivity index (χ0v) is 10.9. The summed E-state index contributed by atoms with van der Waals surface area (Å²) in [4.78, 5) is 4.30. The molecule has 0 spiro atoms. The fourth-order valence-corrected chi connectivity index (χ4v) is 2.77. The normalized spacial score (nSPS) is 19.2. The molecule has 1 aliphatic rings. The van der Waals surface area contributed by atoms with Gasteiger partial charge in [-0.3, -0.25) is 4.98 Å². The van der Waals surface area contributed by atoms with Crippen LogP contribution in [0.5, 0.6) is 0 Å². The predicted octanol–water partition coefficient (Wildman–Crippen LogP) is 3.24. The number of nitrogens with two attached hydrogens (primary N) is 1. The summed E-state index contributed by atoms with van der Waals surface area (Å²) in [6, 6.07) is 2.28. The van der Waals surface area contributed by atoms with Gasteiger partial charge >= 0.3 is 0 Å². The van der Waals surface area contributed by atoms with Crippen LogP contribution in [0.3, 0.4) is 0 Å². The van der Waals surface area contributed by atoms with Crippen LogP contribution in [0.1, 0.15) is 56.6 Å². The lowest BCUT2D eigenvalue weighted by Crippen LogP contribution is -2.42. The van der Waals surface area contributed by atoms with Gasteiger partial charge in [-0.15, -0.1) is 0 Å². The number of hydrogen-bond donors (Lipinski definition) is 1. The van der Waals surface area contributed by atoms with E-state index < -0.39 is 0 Å². The van der Waals surface area contributed by atoms with Crippen molar-refractivity contribution in [1.29, 1.82) is 0 Å². The Hall–Kier alpha value is -0.890. The van der Waals surface area contributed by atoms with Gasteiger partial charge in [-0.05, 0) is 43.2 Å². The summed E-state index contributed by atoms with van der Waals surface area (Å²) in [6.45, 7) is 2.17. The molecule has 17 heavy (non-hydrogen) atoms. The van der Waals surface area contributed by atoms with E-state index in [9.17, 15) is 0 Å². The fraction of sp³-hybridized carbons (Fsp3) is 0.667. The molecule has 0 radical (unpaired) electrons. The molecule has 1 saturated carbocycles. The van der Waals surface area contributed by atoms with Gasteiger partial charge < -0.3 is 5.73 Å². The number of aryl methyl sites for hydroxylation is 2. The van der Waals surface area contributed by atoms with Gasteiger partial charge in [0, 0.05) is 17.9 Å². The molecule has 0 amide bonds. The lowest BCUT2D eigenvalue weighted by atomic mass is 9.79. The molecule has 0 bridgehead atoms. The maximum Gasteiger partial charge on any atom is 0.0300 e. The minimum Gasteiger partial charge on any atom is -0.325 e. The van der Waals surface area contributed by atoms with Crippen LogP contribution >= 0.6 is 0 Å². The SMILES string of the molecule is CCc1cncc(CCC2(N)CCCCC2)c1. The first-order valence-electron chi connectivity index (χ1n) is 6.93. The van der Waals surface area contributed by atoms with Crippen molar-refractivity contribution in [3.05, 3.63) is 29.6 Å². The topological polar surface area (TPSA) is 38.9 Å². The summed E-state index contributed by atoms with van der Waals surface area (Å²) in [5, 5.41) is 0. The quantitative estimate of drug-likeness (QED) is 0.865. The van der Waals surface area contributed by atoms with Crippen molar-refractivity contribution < 1.29 is 0 Å². The highest BCUT2D eigenvalue weighted by atomic mass is 14.7. The Balaban J connectivity index is 1.92. The smallest absolute Gasteiger partial charge is 0.0300 e. The lowest BCUT2D eigenvalue weighted by molar-refractivity contribution is 0.278. The largest absolute Gasteiger partial charge is 0.325 e. The first-order valence-corrected chi connectivity index (χ1v) is 6.93. The Kier molecular flexibility index (Phi) is 4.16. The van der Waals surface area contributed by atoms with Gasteiger partial charge in [0.25, 0.3) is 0 Å². The Morgan fingerprint density at radius 3 is 2.59 bits per heavy atom. The second-order valence-corrected chi connectivity index (χ2v) is 5.48. The average Bonchev–Trinajstić information content (AvgIpc) is 2.38. The highest BCUT2D eigenvalue weighted by molar-refractivity contribution is 5.18. The Morgan fingerprint density at radius 2 is 1.88 bits per heavy atom. The number of nitrogens with zero attached hydrogens (tertiary/aromatic N) is 1. The molecule has 1 fully saturated rings. The molecule has 0 unspecified atom stereocenters. The van der Waals surface area contributed by atoms with Crippen molar-refractivity contribution in [1.82, 2.24) is 4.98 Å². The van der Waals surface area contributed by atoms with Gasteiger partial charge in [-0.2, -0.15) is 0 Å². The van der Waals surface area contributed by atoms with Crippen LogP contribution in [0, 0.1) is 0 Å². The van der Waals surface area contributed by atoms with Gasteiger partial charge in [0.05, 0.1) is 0 Å². The van der Waals surface area contributed by atoms with Gasteiger partial charge in [-0.25, -0.2) is 0 Å². The molecular formula is C15H24N2. The molecule has 2 N–H and O–H groups in total. The van der Waals surface area contributed by atoms with E-state index in [2.05, 4.69) is 18.0 Å². The number of rotatable bonds is 4. The van der Waals surface area contributed by atoms with Crippen LogP contribution in [0.2, 0.25) is 0 Å². The van der Waals surface area contributed by atoms with Crippen molar-refractivity contribution in [3.63, 3.8) is 0 Å². The Bertz CT molecular complexity index is 354. The summed E-state index contributed by atoms with van der Waals surface area (Å²) >= 11 is 0. The van der Waals surface area contributed by atoms with Crippen LogP contribution in [-0.4, -0.2) is 10.5 Å². The molecule has 0 saturated heterocycles. The van der Waals surface area contributed by atoms with Crippen molar-refractivity contribution in [2.45, 2.75) is 63.8 Å². The van der Waals surface area contributed by atoms with Crippen molar-refractivity contribution >= 4 is 0 Å². The third-order valence-corrected chi connectivity index (χ3v) is 4.02. The summed E-state index contributed by atoms with van der Waals surface area (Å²) < 4.78 is 0. The summed E-state index contributed by atoms with van der Waals surface area (Å²) in [5.74, 6) is 0. The lowest BCUT2D eigenvalue weighted by Gasteiger charge is -2.33. The first kappa shape index (κ1) is 12.6. The van der Waals surface area contributed by atoms with E-state index in [0.717, 1.165) is 19.3 Å². The minimum absolute atomic E-state index is 0.0977. The zero-order valence-electron chi connectivity index (χ0n) is 10.9. The minimum atomic E-state index is 0.0977. The summed E-state index contributed by atoms with van der Waals surface area (Å²) in [5.41, 5.74) is 9.23. The van der Waals surface area contributed by atoms with Crippen molar-refractivity contribution in [2.75, 3.05) is 0 Å². The van der Waals surface area contributed by atoms with Gasteiger partial charge in [0.1, 0.15) is 0 Å². The average molecular weight is 232 g/mol. The van der Waals surface area contributed by atoms with Crippen LogP contribution in [0.15, 0.2) is 18.5 Å². The molecule has 2 rings (SSSR count). The summed E-state index contributed by atoms with van der Waals surface area (Å²) in [6.07, 6.45) is 13.6. The molecule has 1 heterocycles. The molecule has 1 aromatic rings. The maximum atomic E-state index is 6.46. The maximum absolute atomic E-state index is 6.46. The van der Waals surface area contributed by atoms with Gasteiger partial charge in [0.2, 0.25) is 0 Å². The number of pyridine rings is 1. The molecule has 0 aliphatic heterocycles. The van der Waals surface area contributed by atoms with Crippen molar-refractivity contribution in [3.8, 4) is 0 Å². The zero-order chi connectivity index (χ0) is 12.1. The predicted molar refractivity (Wildman–Crippen MR) is 71.9 cm³/mol. The van der Waals surface area contributed by atoms with Crippen LogP contribution < -0.4 is 5.73 Å². The summed E-state index contributed by atoms with van der Waals surface area (Å²) in [7, 11) is 0. The second-order valence-electron chi connectivity index (χ2n) is 5.48. The molecular weight excluding hydrogens is 208 g/mol. The van der Waals surface area contributed by atoms with Crippen LogP contribution in [-0.2, 0) is 12.8 Å². The number of hydrogen-bond acceptors (Lipinski definition) is 2. The highest BCUT2D eigenvalue weighted by Crippen LogP contribution is 2.29. The van der Waals surface area contributed by atoms with E-state index in [-0.39, 0.29) is 5.54 Å². The Morgan fingerprint density at radius 1 is 1.18 bits per heavy atom. The third kappa shape index (κ3) is 3.53. The highest BCUT2D eigenvalue weighted by Gasteiger charge is 2.26. The molecule has 2 nitrogen and oxygen atoms in total. The fourth-order valence-electron chi connectivity index (χ4n) is 2.77. The second kappa shape index (κ2) is 5.63. The molecule has 0 aromatic carbocycles. The molecule has 94 valence electrons. The van der Waals surface area contributed by atoms with Crippen molar-refractivity contribution in [2.24, 2.45) is 5.73 Å². The Labute approximate surface area is 105 Å². The molecule has 0 atom stereocenters. The number of aromatic nitrogens is 1. The monoisotopic (exact) mass is 232 g/mol. The van der Waals surface area contributed by atoms with Gasteiger partial charge in [-0.1, -0.05) is 32.3 Å². The van der Waals surface area contributed by atoms with Gasteiger partial charge in [0.15, 0.2) is 0 Å². The molecule has 2 heteroatoms. The van der Waals surface area contributed by atoms with E-state index in [4.69, 9.17) is 5.73 Å². The van der Waals surface area contributed by atoms with E-state index in [1.54, 1.807) is 0 Å².